The lowest BCUT2D eigenvalue weighted by Gasteiger charge is -2.11. The van der Waals surface area contributed by atoms with E-state index in [4.69, 9.17) is 5.11 Å². The van der Waals surface area contributed by atoms with Gasteiger partial charge in [-0.1, -0.05) is 30.3 Å². The Morgan fingerprint density at radius 1 is 1.24 bits per heavy atom. The van der Waals surface area contributed by atoms with Crippen molar-refractivity contribution >= 4 is 11.9 Å². The lowest BCUT2D eigenvalue weighted by molar-refractivity contribution is -0.137. The number of carboxylic acids is 1. The summed E-state index contributed by atoms with van der Waals surface area (Å²) < 4.78 is 0. The molecule has 0 unspecified atom stereocenters. The first-order chi connectivity index (χ1) is 8.11. The predicted molar refractivity (Wildman–Crippen MR) is 61.3 cm³/mol. The molecule has 0 aromatic heterocycles. The van der Waals surface area contributed by atoms with Crippen LogP contribution in [0.5, 0.6) is 0 Å². The van der Waals surface area contributed by atoms with Crippen LogP contribution in [0.1, 0.15) is 24.5 Å². The minimum absolute atomic E-state index is 0.00170. The Labute approximate surface area is 99.1 Å². The second-order valence-electron chi connectivity index (χ2n) is 3.60. The van der Waals surface area contributed by atoms with Crippen LogP contribution in [0.3, 0.4) is 0 Å². The zero-order chi connectivity index (χ0) is 12.7. The van der Waals surface area contributed by atoms with Gasteiger partial charge in [0.05, 0.1) is 0 Å². The van der Waals surface area contributed by atoms with Crippen molar-refractivity contribution in [3.05, 3.63) is 35.9 Å². The number of aliphatic hydroxyl groups is 1. The Kier molecular flexibility index (Phi) is 5.16. The zero-order valence-electron chi connectivity index (χ0n) is 9.30. The number of aliphatic hydroxyl groups excluding tert-OH is 1. The van der Waals surface area contributed by atoms with Gasteiger partial charge in [-0.3, -0.25) is 9.59 Å². The molecule has 0 aliphatic carbocycles. The molecule has 5 heteroatoms. The lowest BCUT2D eigenvalue weighted by Crippen LogP contribution is -2.30. The number of carbonyl (C=O) groups is 2. The van der Waals surface area contributed by atoms with E-state index < -0.39 is 18.0 Å². The molecule has 1 atom stereocenters. The van der Waals surface area contributed by atoms with E-state index in [-0.39, 0.29) is 13.0 Å². The summed E-state index contributed by atoms with van der Waals surface area (Å²) in [6.07, 6.45) is -0.856. The molecule has 3 N–H and O–H groups in total. The van der Waals surface area contributed by atoms with Gasteiger partial charge in [-0.2, -0.15) is 0 Å². The summed E-state index contributed by atoms with van der Waals surface area (Å²) in [5, 5.41) is 20.6. The van der Waals surface area contributed by atoms with Crippen molar-refractivity contribution in [2.75, 3.05) is 6.54 Å². The maximum absolute atomic E-state index is 11.5. The molecule has 0 saturated carbocycles. The molecule has 1 aromatic rings. The van der Waals surface area contributed by atoms with Crippen LogP contribution in [0.4, 0.5) is 0 Å². The second kappa shape index (κ2) is 6.65. The smallest absolute Gasteiger partial charge is 0.303 e. The minimum atomic E-state index is -1.21. The maximum atomic E-state index is 11.5. The number of amides is 1. The molecule has 0 fully saturated rings. The Morgan fingerprint density at radius 2 is 1.88 bits per heavy atom. The number of nitrogens with one attached hydrogen (secondary N) is 1. The standard InChI is InChI=1S/C12H15NO4/c14-10(15)7-4-8-13-12(17)11(16)9-5-2-1-3-6-9/h1-3,5-6,11,16H,4,7-8H2,(H,13,17)(H,14,15)/t11-/m0/s1. The van der Waals surface area contributed by atoms with E-state index in [0.29, 0.717) is 12.0 Å². The molecule has 0 heterocycles. The van der Waals surface area contributed by atoms with E-state index in [2.05, 4.69) is 5.32 Å². The Balaban J connectivity index is 2.35. The van der Waals surface area contributed by atoms with Crippen LogP contribution in [-0.2, 0) is 9.59 Å². The van der Waals surface area contributed by atoms with Gasteiger partial charge in [0.2, 0.25) is 0 Å². The fraction of sp³-hybridized carbons (Fsp3) is 0.333. The highest BCUT2D eigenvalue weighted by atomic mass is 16.4. The Bertz CT molecular complexity index is 377. The molecule has 1 rings (SSSR count). The molecule has 0 radical (unpaired) electrons. The fourth-order valence-corrected chi connectivity index (χ4v) is 1.33. The van der Waals surface area contributed by atoms with Crippen molar-refractivity contribution < 1.29 is 19.8 Å². The number of aliphatic carboxylic acids is 1. The number of carbonyl (C=O) groups excluding carboxylic acids is 1. The van der Waals surface area contributed by atoms with E-state index >= 15 is 0 Å². The normalized spacial score (nSPS) is 11.8. The molecule has 1 aromatic carbocycles. The number of benzene rings is 1. The van der Waals surface area contributed by atoms with Crippen LogP contribution in [-0.4, -0.2) is 28.6 Å². The van der Waals surface area contributed by atoms with Gasteiger partial charge in [-0.25, -0.2) is 0 Å². The van der Waals surface area contributed by atoms with Gasteiger partial charge >= 0.3 is 5.97 Å². The van der Waals surface area contributed by atoms with E-state index in [0.717, 1.165) is 0 Å². The molecule has 1 amide bonds. The van der Waals surface area contributed by atoms with Gasteiger partial charge < -0.3 is 15.5 Å². The first-order valence-electron chi connectivity index (χ1n) is 5.34. The highest BCUT2D eigenvalue weighted by Crippen LogP contribution is 2.11. The van der Waals surface area contributed by atoms with Crippen molar-refractivity contribution in [2.45, 2.75) is 18.9 Å². The number of hydrogen-bond acceptors (Lipinski definition) is 3. The summed E-state index contributed by atoms with van der Waals surface area (Å²) >= 11 is 0. The number of carboxylic acid groups (broad SMARTS) is 1. The molecule has 0 saturated heterocycles. The Morgan fingerprint density at radius 3 is 2.47 bits per heavy atom. The molecule has 5 nitrogen and oxygen atoms in total. The zero-order valence-corrected chi connectivity index (χ0v) is 9.30. The summed E-state index contributed by atoms with van der Waals surface area (Å²) in [7, 11) is 0. The lowest BCUT2D eigenvalue weighted by atomic mass is 10.1. The summed E-state index contributed by atoms with van der Waals surface area (Å²) in [5.41, 5.74) is 0.517. The fourth-order valence-electron chi connectivity index (χ4n) is 1.33. The molecular weight excluding hydrogens is 222 g/mol. The van der Waals surface area contributed by atoms with Gasteiger partial charge in [0.1, 0.15) is 0 Å². The van der Waals surface area contributed by atoms with Crippen LogP contribution in [0.25, 0.3) is 0 Å². The molecule has 0 spiro atoms. The third-order valence-electron chi connectivity index (χ3n) is 2.23. The molecule has 0 aliphatic heterocycles. The van der Waals surface area contributed by atoms with Crippen LogP contribution in [0.15, 0.2) is 30.3 Å². The van der Waals surface area contributed by atoms with Crippen molar-refractivity contribution in [1.29, 1.82) is 0 Å². The van der Waals surface area contributed by atoms with E-state index in [9.17, 15) is 14.7 Å². The summed E-state index contributed by atoms with van der Waals surface area (Å²) in [6, 6.07) is 8.57. The first-order valence-corrected chi connectivity index (χ1v) is 5.34. The summed E-state index contributed by atoms with van der Waals surface area (Å²) in [6.45, 7) is 0.245. The number of rotatable bonds is 6. The van der Waals surface area contributed by atoms with Crippen LogP contribution in [0.2, 0.25) is 0 Å². The van der Waals surface area contributed by atoms with Crippen molar-refractivity contribution in [3.8, 4) is 0 Å². The summed E-state index contributed by atoms with van der Waals surface area (Å²) in [5.74, 6) is -1.41. The molecule has 0 aliphatic rings. The molecule has 0 bridgehead atoms. The van der Waals surface area contributed by atoms with E-state index in [1.54, 1.807) is 30.3 Å². The quantitative estimate of drug-likeness (QED) is 0.636. The minimum Gasteiger partial charge on any atom is -0.481 e. The maximum Gasteiger partial charge on any atom is 0.303 e. The third-order valence-corrected chi connectivity index (χ3v) is 2.23. The second-order valence-corrected chi connectivity index (χ2v) is 3.60. The summed E-state index contributed by atoms with van der Waals surface area (Å²) in [4.78, 5) is 21.7. The largest absolute Gasteiger partial charge is 0.481 e. The third kappa shape index (κ3) is 4.65. The molecule has 92 valence electrons. The predicted octanol–water partition coefficient (Wildman–Crippen LogP) is 0.701. The van der Waals surface area contributed by atoms with Crippen molar-refractivity contribution in [3.63, 3.8) is 0 Å². The van der Waals surface area contributed by atoms with Gasteiger partial charge in [-0.15, -0.1) is 0 Å². The highest BCUT2D eigenvalue weighted by molar-refractivity contribution is 5.81. The molecule has 17 heavy (non-hydrogen) atoms. The van der Waals surface area contributed by atoms with E-state index in [1.807, 2.05) is 0 Å². The van der Waals surface area contributed by atoms with Crippen molar-refractivity contribution in [1.82, 2.24) is 5.32 Å². The van der Waals surface area contributed by atoms with Gasteiger partial charge in [0.25, 0.3) is 5.91 Å². The van der Waals surface area contributed by atoms with Gasteiger partial charge in [0, 0.05) is 13.0 Å². The van der Waals surface area contributed by atoms with E-state index in [1.165, 1.54) is 0 Å². The average molecular weight is 237 g/mol. The topological polar surface area (TPSA) is 86.6 Å². The monoisotopic (exact) mass is 237 g/mol. The first kappa shape index (κ1) is 13.2. The molecular formula is C12H15NO4. The Hall–Kier alpha value is -1.88. The highest BCUT2D eigenvalue weighted by Gasteiger charge is 2.15. The number of hydrogen-bond donors (Lipinski definition) is 3. The van der Waals surface area contributed by atoms with Crippen LogP contribution < -0.4 is 5.32 Å². The SMILES string of the molecule is O=C(O)CCCNC(=O)[C@@H](O)c1ccccc1. The van der Waals surface area contributed by atoms with Crippen molar-refractivity contribution in [2.24, 2.45) is 0 Å². The van der Waals surface area contributed by atoms with Gasteiger partial charge in [-0.05, 0) is 12.0 Å². The van der Waals surface area contributed by atoms with Crippen LogP contribution in [0, 0.1) is 0 Å². The van der Waals surface area contributed by atoms with Crippen LogP contribution >= 0.6 is 0 Å². The van der Waals surface area contributed by atoms with Gasteiger partial charge in [0.15, 0.2) is 6.10 Å². The average Bonchev–Trinajstić information content (AvgIpc) is 2.34.